The van der Waals surface area contributed by atoms with Crippen LogP contribution >= 0.6 is 0 Å². The van der Waals surface area contributed by atoms with Gasteiger partial charge in [0, 0.05) is 13.3 Å². The Labute approximate surface area is 205 Å². The zero-order valence-electron chi connectivity index (χ0n) is 19.5. The second kappa shape index (κ2) is 8.81. The molecule has 0 atom stereocenters. The van der Waals surface area contributed by atoms with E-state index in [0.717, 1.165) is 12.0 Å². The largest absolute Gasteiger partial charge is 0.323 e. The summed E-state index contributed by atoms with van der Waals surface area (Å²) in [6.07, 6.45) is 2.33. The van der Waals surface area contributed by atoms with E-state index in [1.807, 2.05) is 49.4 Å². The fraction of sp³-hybridized carbons (Fsp3) is 0.107. The summed E-state index contributed by atoms with van der Waals surface area (Å²) in [7, 11) is 0. The molecule has 0 aliphatic rings. The van der Waals surface area contributed by atoms with Gasteiger partial charge in [0.1, 0.15) is 11.3 Å². The zero-order chi connectivity index (χ0) is 24.6. The lowest BCUT2D eigenvalue weighted by atomic mass is 10.1. The average Bonchev–Trinajstić information content (AvgIpc) is 3.19. The number of nitrogens with zero attached hydrogens (tertiary/aromatic N) is 5. The number of H-pyrrole nitrogens is 1. The zero-order valence-corrected chi connectivity index (χ0v) is 19.5. The van der Waals surface area contributed by atoms with Gasteiger partial charge in [0.05, 0.1) is 23.8 Å². The molecule has 0 saturated heterocycles. The Kier molecular flexibility index (Phi) is 5.33. The first-order valence-electron chi connectivity index (χ1n) is 11.7. The molecular weight excluding hydrogens is 455 g/mol. The van der Waals surface area contributed by atoms with E-state index < -0.39 is 0 Å². The van der Waals surface area contributed by atoms with E-state index in [4.69, 9.17) is 9.97 Å². The van der Waals surface area contributed by atoms with Gasteiger partial charge >= 0.3 is 5.56 Å². The maximum absolute atomic E-state index is 13.8. The summed E-state index contributed by atoms with van der Waals surface area (Å²) in [5.74, 6) is 0.385. The van der Waals surface area contributed by atoms with Crippen molar-refractivity contribution in [1.29, 1.82) is 0 Å². The topological polar surface area (TPSA) is 79.2 Å². The van der Waals surface area contributed by atoms with Crippen molar-refractivity contribution in [3.63, 3.8) is 0 Å². The molecule has 6 rings (SSSR count). The number of para-hydroxylation sites is 2. The molecule has 3 aromatic carbocycles. The Morgan fingerprint density at radius 3 is 2.39 bits per heavy atom. The normalized spacial score (nSPS) is 11.8. The predicted molar refractivity (Wildman–Crippen MR) is 138 cm³/mol. The maximum atomic E-state index is 13.8. The van der Waals surface area contributed by atoms with E-state index in [2.05, 4.69) is 22.2 Å². The molecule has 6 aromatic rings. The molecule has 3 heterocycles. The third kappa shape index (κ3) is 3.82. The quantitative estimate of drug-likeness (QED) is 0.348. The average molecular weight is 478 g/mol. The molecule has 0 aliphatic heterocycles. The number of hydrogen-bond acceptors (Lipinski definition) is 4. The van der Waals surface area contributed by atoms with Gasteiger partial charge in [-0.1, -0.05) is 54.6 Å². The first-order valence-corrected chi connectivity index (χ1v) is 11.7. The van der Waals surface area contributed by atoms with Crippen molar-refractivity contribution >= 4 is 39.4 Å². The van der Waals surface area contributed by atoms with Crippen LogP contribution in [0.3, 0.4) is 0 Å². The van der Waals surface area contributed by atoms with Crippen LogP contribution in [0.2, 0.25) is 0 Å². The van der Waals surface area contributed by atoms with E-state index in [1.54, 1.807) is 27.6 Å². The molecule has 176 valence electrons. The number of rotatable bonds is 5. The van der Waals surface area contributed by atoms with Gasteiger partial charge in [-0.15, -0.1) is 9.78 Å². The first-order chi connectivity index (χ1) is 17.6. The number of hydrogen-bond donors (Lipinski definition) is 0. The third-order valence-electron chi connectivity index (χ3n) is 6.26. The van der Waals surface area contributed by atoms with Gasteiger partial charge in [0.15, 0.2) is 5.39 Å². The van der Waals surface area contributed by atoms with Crippen molar-refractivity contribution < 1.29 is 9.37 Å². The predicted octanol–water partition coefficient (Wildman–Crippen LogP) is 4.29. The van der Waals surface area contributed by atoms with E-state index >= 15 is 0 Å². The minimum atomic E-state index is -0.318. The Balaban J connectivity index is 1.57. The van der Waals surface area contributed by atoms with Crippen LogP contribution < -0.4 is 10.5 Å². The fourth-order valence-corrected chi connectivity index (χ4v) is 4.41. The van der Waals surface area contributed by atoms with Gasteiger partial charge in [-0.05, 0) is 35.4 Å². The first kappa shape index (κ1) is 21.8. The maximum Gasteiger partial charge on any atom is 0.323 e. The Bertz CT molecular complexity index is 1820. The highest BCUT2D eigenvalue weighted by molar-refractivity contribution is 6.03. The van der Waals surface area contributed by atoms with E-state index in [1.165, 1.54) is 12.1 Å². The van der Waals surface area contributed by atoms with Gasteiger partial charge in [0.25, 0.3) is 5.65 Å². The number of nitrogens with one attached hydrogen (secondary N) is 1. The molecular formula is C28H22FN6O+. The summed E-state index contributed by atoms with van der Waals surface area (Å²) in [5, 5.41) is 5.05. The van der Waals surface area contributed by atoms with Crippen LogP contribution in [-0.2, 0) is 13.0 Å². The van der Waals surface area contributed by atoms with Crippen LogP contribution in [-0.4, -0.2) is 25.4 Å². The van der Waals surface area contributed by atoms with Gasteiger partial charge in [0.2, 0.25) is 11.5 Å². The molecule has 8 heteroatoms. The number of aryl methyl sites for hydroxylation is 2. The molecule has 0 fully saturated rings. The summed E-state index contributed by atoms with van der Waals surface area (Å²) in [6.45, 7) is 2.39. The van der Waals surface area contributed by atoms with Crippen LogP contribution in [0, 0.1) is 12.7 Å². The molecule has 1 N–H and O–H groups in total. The Morgan fingerprint density at radius 2 is 1.64 bits per heavy atom. The monoisotopic (exact) mass is 477 g/mol. The van der Waals surface area contributed by atoms with Crippen molar-refractivity contribution in [2.45, 2.75) is 19.9 Å². The molecule has 3 aromatic heterocycles. The smallest absolute Gasteiger partial charge is 0.250 e. The Morgan fingerprint density at radius 1 is 0.944 bits per heavy atom. The van der Waals surface area contributed by atoms with Crippen molar-refractivity contribution in [2.24, 2.45) is 5.10 Å². The number of aromatic amines is 1. The second-order valence-electron chi connectivity index (χ2n) is 8.62. The minimum absolute atomic E-state index is 0.150. The molecule has 0 bridgehead atoms. The van der Waals surface area contributed by atoms with Crippen molar-refractivity contribution in [1.82, 2.24) is 19.2 Å². The van der Waals surface area contributed by atoms with E-state index in [9.17, 15) is 9.18 Å². The highest BCUT2D eigenvalue weighted by Gasteiger charge is 2.26. The molecule has 0 spiro atoms. The number of benzene rings is 3. The lowest BCUT2D eigenvalue weighted by Crippen LogP contribution is -2.31. The van der Waals surface area contributed by atoms with Crippen LogP contribution in [0.4, 0.5) is 4.39 Å². The number of halogens is 1. The third-order valence-corrected chi connectivity index (χ3v) is 6.26. The van der Waals surface area contributed by atoms with Crippen LogP contribution in [0.15, 0.2) is 88.8 Å². The van der Waals surface area contributed by atoms with Gasteiger partial charge in [-0.3, -0.25) is 0 Å². The molecule has 36 heavy (non-hydrogen) atoms. The van der Waals surface area contributed by atoms with Crippen molar-refractivity contribution in [2.75, 3.05) is 0 Å². The molecule has 0 unspecified atom stereocenters. The van der Waals surface area contributed by atoms with Gasteiger partial charge < -0.3 is 0 Å². The second-order valence-corrected chi connectivity index (χ2v) is 8.62. The lowest BCUT2D eigenvalue weighted by molar-refractivity contribution is -0.368. The standard InChI is InChI=1S/C28H21FN6O/c1-18-31-26-24(28(36)34(18)16-15-19-7-3-2-4-8-19)25-27(33-23-10-6-5-9-22(23)32-25)35(26)30-17-20-11-13-21(29)14-12-20/h2-14,17H,15-16H2,1H3/p+1. The van der Waals surface area contributed by atoms with Crippen molar-refractivity contribution in [3.05, 3.63) is 112 Å². The Hall–Kier alpha value is -4.72. The molecule has 7 nitrogen and oxygen atoms in total. The molecule has 0 radical (unpaired) electrons. The molecule has 0 amide bonds. The summed E-state index contributed by atoms with van der Waals surface area (Å²) in [4.78, 5) is 26.8. The summed E-state index contributed by atoms with van der Waals surface area (Å²) in [5.41, 5.74) is 4.58. The van der Waals surface area contributed by atoms with Gasteiger partial charge in [-0.25, -0.2) is 28.7 Å². The molecule has 0 saturated carbocycles. The van der Waals surface area contributed by atoms with Crippen LogP contribution in [0.1, 0.15) is 17.0 Å². The fourth-order valence-electron chi connectivity index (χ4n) is 4.41. The van der Waals surface area contributed by atoms with E-state index in [-0.39, 0.29) is 11.4 Å². The highest BCUT2D eigenvalue weighted by Crippen LogP contribution is 2.24. The van der Waals surface area contributed by atoms with E-state index in [0.29, 0.717) is 51.2 Å². The lowest BCUT2D eigenvalue weighted by Gasteiger charge is -2.05. The SMILES string of the molecule is Cc1[nH+]c2c(c(=O)n1CCc1ccccc1)c1nc3ccccc3nc1n2N=Cc1ccc(F)cc1. The number of fused-ring (bicyclic) bond motifs is 4. The van der Waals surface area contributed by atoms with Crippen LogP contribution in [0.5, 0.6) is 0 Å². The minimum Gasteiger partial charge on any atom is -0.250 e. The van der Waals surface area contributed by atoms with Gasteiger partial charge in [-0.2, -0.15) is 0 Å². The summed E-state index contributed by atoms with van der Waals surface area (Å²) < 4.78 is 16.7. The van der Waals surface area contributed by atoms with Crippen LogP contribution in [0.25, 0.3) is 33.2 Å². The summed E-state index contributed by atoms with van der Waals surface area (Å²) in [6, 6.07) is 23.6. The van der Waals surface area contributed by atoms with Crippen molar-refractivity contribution in [3.8, 4) is 0 Å². The highest BCUT2D eigenvalue weighted by atomic mass is 19.1. The summed E-state index contributed by atoms with van der Waals surface area (Å²) >= 11 is 0. The molecule has 0 aliphatic carbocycles. The number of aromatic nitrogens is 5.